The Balaban J connectivity index is 5.28. The number of aliphatic hydroxyl groups is 1. The number of hydrogen-bond acceptors (Lipinski definition) is 15. The van der Waals surface area contributed by atoms with Crippen LogP contribution in [0, 0.1) is 23.7 Å². The van der Waals surface area contributed by atoms with E-state index in [1.54, 1.807) is 0 Å². The molecule has 8 atom stereocenters. The van der Waals surface area contributed by atoms with Gasteiger partial charge in [-0.1, -0.05) is 357 Å². The van der Waals surface area contributed by atoms with Crippen molar-refractivity contribution in [3.8, 4) is 0 Å². The maximum Gasteiger partial charge on any atom is 0.472 e. The number of hydrogen-bond donors (Lipinski definition) is 3. The van der Waals surface area contributed by atoms with Crippen LogP contribution >= 0.6 is 15.6 Å². The Morgan fingerprint density at radius 2 is 0.485 bits per heavy atom. The van der Waals surface area contributed by atoms with Gasteiger partial charge in [0.2, 0.25) is 0 Å². The van der Waals surface area contributed by atoms with Crippen molar-refractivity contribution in [1.29, 1.82) is 0 Å². The molecule has 0 radical (unpaired) electrons. The highest BCUT2D eigenvalue weighted by Gasteiger charge is 2.30. The second-order valence-corrected chi connectivity index (χ2v) is 32.9. The number of carbonyl (C=O) groups excluding carboxylic acids is 4. The van der Waals surface area contributed by atoms with E-state index in [1.165, 1.54) is 212 Å². The average molecular weight is 1450 g/mol. The van der Waals surface area contributed by atoms with Gasteiger partial charge in [0, 0.05) is 25.7 Å². The van der Waals surface area contributed by atoms with E-state index in [1.807, 2.05) is 0 Å². The van der Waals surface area contributed by atoms with E-state index in [2.05, 4.69) is 55.4 Å². The molecule has 0 bridgehead atoms. The number of phosphoric ester groups is 2. The first-order valence-electron chi connectivity index (χ1n) is 41.3. The van der Waals surface area contributed by atoms with Crippen molar-refractivity contribution in [2.75, 3.05) is 39.6 Å². The summed E-state index contributed by atoms with van der Waals surface area (Å²) in [5, 5.41) is 10.6. The van der Waals surface area contributed by atoms with E-state index in [0.29, 0.717) is 25.7 Å². The summed E-state index contributed by atoms with van der Waals surface area (Å²) in [7, 11) is -9.92. The maximum atomic E-state index is 13.1. The second kappa shape index (κ2) is 69.1. The normalized spacial score (nSPS) is 14.9. The molecule has 0 aromatic rings. The predicted molar refractivity (Wildman–Crippen MR) is 404 cm³/mol. The van der Waals surface area contributed by atoms with E-state index in [0.717, 1.165) is 114 Å². The number of phosphoric acid groups is 2. The van der Waals surface area contributed by atoms with Crippen molar-refractivity contribution in [1.82, 2.24) is 0 Å². The molecule has 0 aromatic heterocycles. The van der Waals surface area contributed by atoms with Gasteiger partial charge < -0.3 is 33.8 Å². The number of carbonyl (C=O) groups is 4. The van der Waals surface area contributed by atoms with Crippen LogP contribution in [0.15, 0.2) is 0 Å². The van der Waals surface area contributed by atoms with Gasteiger partial charge in [0.05, 0.1) is 26.4 Å². The molecule has 17 nitrogen and oxygen atoms in total. The zero-order chi connectivity index (χ0) is 73.1. The van der Waals surface area contributed by atoms with Crippen molar-refractivity contribution in [3.05, 3.63) is 0 Å². The highest BCUT2D eigenvalue weighted by molar-refractivity contribution is 7.47. The van der Waals surface area contributed by atoms with Crippen molar-refractivity contribution >= 4 is 39.5 Å². The van der Waals surface area contributed by atoms with Gasteiger partial charge in [0.25, 0.3) is 0 Å². The van der Waals surface area contributed by atoms with E-state index < -0.39 is 97.5 Å². The Labute approximate surface area is 607 Å². The van der Waals surface area contributed by atoms with Gasteiger partial charge in [0.15, 0.2) is 12.2 Å². The molecule has 0 spiro atoms. The number of unbranched alkanes of at least 4 members (excludes halogenated alkanes) is 40. The summed E-state index contributed by atoms with van der Waals surface area (Å²) in [4.78, 5) is 73.0. The van der Waals surface area contributed by atoms with Gasteiger partial charge in [0.1, 0.15) is 19.3 Å². The highest BCUT2D eigenvalue weighted by Crippen LogP contribution is 2.45. The average Bonchev–Trinajstić information content (AvgIpc) is 1.04. The first kappa shape index (κ1) is 97.1. The maximum absolute atomic E-state index is 13.1. The van der Waals surface area contributed by atoms with Crippen LogP contribution in [-0.4, -0.2) is 96.7 Å². The number of rotatable bonds is 77. The van der Waals surface area contributed by atoms with Crippen LogP contribution in [0.2, 0.25) is 0 Å². The third-order valence-corrected chi connectivity index (χ3v) is 21.6. The summed E-state index contributed by atoms with van der Waals surface area (Å²) in [6, 6.07) is 0. The van der Waals surface area contributed by atoms with E-state index >= 15 is 0 Å². The Bertz CT molecular complexity index is 1940. The number of aliphatic hydroxyl groups excluding tert-OH is 1. The molecule has 0 saturated carbocycles. The molecule has 99 heavy (non-hydrogen) atoms. The Morgan fingerprint density at radius 1 is 0.283 bits per heavy atom. The zero-order valence-corrected chi connectivity index (χ0v) is 66.9. The standard InChI is InChI=1S/C80H156O17P2/c1-9-71(6)57-49-41-33-25-16-14-12-13-15-17-30-38-46-54-62-79(84)96-75(66-91-78(83)61-53-45-37-29-22-19-26-34-42-50-58-72(7)10-2)68-94-98(86,87)92-64-74(81)65-93-99(88,89)95-69-76(67-90-77(82)60-52-44-36-28-21-18-24-32-40-48-56-70(4)5)97-80(85)63-55-47-39-31-23-20-27-35-43-51-59-73(8)11-3/h70-76,81H,9-69H2,1-8H3,(H,86,87)(H,88,89)/t71?,72?,73?,74-,75-,76-/m1/s1. The molecule has 0 saturated heterocycles. The third kappa shape index (κ3) is 70.2. The first-order valence-corrected chi connectivity index (χ1v) is 44.3. The van der Waals surface area contributed by atoms with Crippen LogP contribution < -0.4 is 0 Å². The lowest BCUT2D eigenvalue weighted by atomic mass is 9.99. The van der Waals surface area contributed by atoms with Crippen molar-refractivity contribution in [3.63, 3.8) is 0 Å². The SMILES string of the molecule is CCC(C)CCCCCCCCCCCCCCCCC(=O)O[C@H](COC(=O)CCCCCCCCCCCCC(C)CC)COP(=O)(O)OC[C@@H](O)COP(=O)(O)OC[C@@H](COC(=O)CCCCCCCCCCCCC(C)C)OC(=O)CCCCCCCCCCCCC(C)CC. The van der Waals surface area contributed by atoms with Crippen LogP contribution in [-0.2, 0) is 65.4 Å². The summed E-state index contributed by atoms with van der Waals surface area (Å²) in [5.41, 5.74) is 0. The Morgan fingerprint density at radius 3 is 0.717 bits per heavy atom. The predicted octanol–water partition coefficient (Wildman–Crippen LogP) is 23.6. The lowest BCUT2D eigenvalue weighted by Crippen LogP contribution is -2.30. The quantitative estimate of drug-likeness (QED) is 0.0222. The molecule has 0 aliphatic carbocycles. The molecule has 19 heteroatoms. The summed E-state index contributed by atoms with van der Waals surface area (Å²) >= 11 is 0. The van der Waals surface area contributed by atoms with Gasteiger partial charge in [-0.05, 0) is 49.4 Å². The highest BCUT2D eigenvalue weighted by atomic mass is 31.2. The van der Waals surface area contributed by atoms with Crippen LogP contribution in [0.3, 0.4) is 0 Å². The molecule has 0 aliphatic heterocycles. The second-order valence-electron chi connectivity index (χ2n) is 30.0. The summed E-state index contributed by atoms with van der Waals surface area (Å²) in [5.74, 6) is 1.10. The van der Waals surface area contributed by atoms with Gasteiger partial charge in [-0.3, -0.25) is 37.3 Å². The first-order chi connectivity index (χ1) is 47.7. The fraction of sp³-hybridized carbons (Fsp3) is 0.950. The molecule has 0 amide bonds. The number of esters is 4. The lowest BCUT2D eigenvalue weighted by molar-refractivity contribution is -0.161. The van der Waals surface area contributed by atoms with Gasteiger partial charge in [-0.25, -0.2) is 9.13 Å². The molecule has 588 valence electrons. The molecule has 0 rings (SSSR count). The fourth-order valence-electron chi connectivity index (χ4n) is 12.2. The monoisotopic (exact) mass is 1450 g/mol. The van der Waals surface area contributed by atoms with Gasteiger partial charge in [-0.2, -0.15) is 0 Å². The minimum Gasteiger partial charge on any atom is -0.462 e. The van der Waals surface area contributed by atoms with Crippen LogP contribution in [0.5, 0.6) is 0 Å². The molecule has 0 fully saturated rings. The van der Waals surface area contributed by atoms with Crippen molar-refractivity contribution in [2.24, 2.45) is 23.7 Å². The smallest absolute Gasteiger partial charge is 0.462 e. The van der Waals surface area contributed by atoms with Crippen LogP contribution in [0.25, 0.3) is 0 Å². The lowest BCUT2D eigenvalue weighted by Gasteiger charge is -2.21. The molecule has 5 unspecified atom stereocenters. The topological polar surface area (TPSA) is 237 Å². The third-order valence-electron chi connectivity index (χ3n) is 19.7. The van der Waals surface area contributed by atoms with Gasteiger partial charge >= 0.3 is 39.5 Å². The molecule has 3 N–H and O–H groups in total. The van der Waals surface area contributed by atoms with Crippen LogP contribution in [0.1, 0.15) is 409 Å². The zero-order valence-electron chi connectivity index (χ0n) is 65.1. The molecular formula is C80H156O17P2. The summed E-state index contributed by atoms with van der Waals surface area (Å²) < 4.78 is 68.7. The summed E-state index contributed by atoms with van der Waals surface area (Å²) in [6.45, 7) is 14.3. The van der Waals surface area contributed by atoms with Crippen LogP contribution in [0.4, 0.5) is 0 Å². The molecular weight excluding hydrogens is 1290 g/mol. The fourth-order valence-corrected chi connectivity index (χ4v) is 13.7. The van der Waals surface area contributed by atoms with E-state index in [-0.39, 0.29) is 25.7 Å². The van der Waals surface area contributed by atoms with E-state index in [4.69, 9.17) is 37.0 Å². The minimum atomic E-state index is -4.96. The summed E-state index contributed by atoms with van der Waals surface area (Å²) in [6.07, 6.45) is 55.2. The van der Waals surface area contributed by atoms with E-state index in [9.17, 15) is 43.2 Å². The van der Waals surface area contributed by atoms with Crippen molar-refractivity contribution < 1.29 is 80.2 Å². The number of ether oxygens (including phenoxy) is 4. The van der Waals surface area contributed by atoms with Crippen molar-refractivity contribution in [2.45, 2.75) is 427 Å². The molecule has 0 aromatic carbocycles. The molecule has 0 heterocycles. The largest absolute Gasteiger partial charge is 0.472 e. The minimum absolute atomic E-state index is 0.106. The Kier molecular flexibility index (Phi) is 67.8. The Hall–Kier alpha value is -1.94. The van der Waals surface area contributed by atoms with Gasteiger partial charge in [-0.15, -0.1) is 0 Å². The molecule has 0 aliphatic rings.